The number of pyridine rings is 1. The van der Waals surface area contributed by atoms with Crippen LogP contribution in [0.25, 0.3) is 0 Å². The molecule has 0 radical (unpaired) electrons. The average Bonchev–Trinajstić information content (AvgIpc) is 2.40. The molecule has 1 heterocycles. The van der Waals surface area contributed by atoms with Gasteiger partial charge in [-0.15, -0.1) is 0 Å². The van der Waals surface area contributed by atoms with Crippen LogP contribution in [0.5, 0.6) is 0 Å². The fourth-order valence-corrected chi connectivity index (χ4v) is 2.01. The highest BCUT2D eigenvalue weighted by atomic mass is 16.5. The van der Waals surface area contributed by atoms with Gasteiger partial charge in [0.25, 0.3) is 0 Å². The van der Waals surface area contributed by atoms with E-state index in [2.05, 4.69) is 63.0 Å². The lowest BCUT2D eigenvalue weighted by molar-refractivity contribution is 0.124. The van der Waals surface area contributed by atoms with E-state index in [1.807, 2.05) is 0 Å². The van der Waals surface area contributed by atoms with Gasteiger partial charge in [0.05, 0.1) is 18.0 Å². The average molecular weight is 293 g/mol. The summed E-state index contributed by atoms with van der Waals surface area (Å²) in [6.07, 6.45) is 0. The maximum atomic E-state index is 5.19. The maximum absolute atomic E-state index is 5.19. The normalized spacial score (nSPS) is 12.4. The second-order valence-corrected chi connectivity index (χ2v) is 6.78. The van der Waals surface area contributed by atoms with E-state index < -0.39 is 0 Å². The van der Waals surface area contributed by atoms with Crippen molar-refractivity contribution in [3.8, 4) is 0 Å². The van der Waals surface area contributed by atoms with E-state index in [0.29, 0.717) is 6.04 Å². The van der Waals surface area contributed by atoms with Crippen LogP contribution in [0.2, 0.25) is 0 Å². The van der Waals surface area contributed by atoms with Gasteiger partial charge in [0, 0.05) is 38.3 Å². The summed E-state index contributed by atoms with van der Waals surface area (Å²) in [4.78, 5) is 7.14. The topological polar surface area (TPSA) is 37.4 Å². The molecule has 0 aromatic carbocycles. The van der Waals surface area contributed by atoms with Gasteiger partial charge in [-0.2, -0.15) is 0 Å². The summed E-state index contributed by atoms with van der Waals surface area (Å²) >= 11 is 0. The van der Waals surface area contributed by atoms with Gasteiger partial charge < -0.3 is 10.1 Å². The second kappa shape index (κ2) is 8.47. The zero-order chi connectivity index (χ0) is 15.9. The van der Waals surface area contributed by atoms with Crippen molar-refractivity contribution < 1.29 is 4.74 Å². The first kappa shape index (κ1) is 18.1. The zero-order valence-corrected chi connectivity index (χ0v) is 14.4. The van der Waals surface area contributed by atoms with Crippen molar-refractivity contribution in [3.05, 3.63) is 29.6 Å². The number of methoxy groups -OCH3 is 1. The molecule has 0 aliphatic heterocycles. The van der Waals surface area contributed by atoms with Gasteiger partial charge >= 0.3 is 0 Å². The Morgan fingerprint density at radius 1 is 1.24 bits per heavy atom. The van der Waals surface area contributed by atoms with Gasteiger partial charge in [0.15, 0.2) is 0 Å². The standard InChI is InChI=1S/C17H31N3O/c1-14(2)20(10-11-21-6)13-16-9-7-8-15(19-16)12-18-17(3,4)5/h7-9,14,18H,10-13H2,1-6H3. The van der Waals surface area contributed by atoms with Crippen molar-refractivity contribution in [1.29, 1.82) is 0 Å². The fraction of sp³-hybridized carbons (Fsp3) is 0.706. The second-order valence-electron chi connectivity index (χ2n) is 6.78. The highest BCUT2D eigenvalue weighted by molar-refractivity contribution is 5.11. The van der Waals surface area contributed by atoms with Crippen molar-refractivity contribution >= 4 is 0 Å². The Kier molecular flexibility index (Phi) is 7.29. The summed E-state index contributed by atoms with van der Waals surface area (Å²) in [5, 5.41) is 3.48. The molecule has 120 valence electrons. The summed E-state index contributed by atoms with van der Waals surface area (Å²) in [5.74, 6) is 0. The molecule has 0 atom stereocenters. The molecule has 0 aliphatic carbocycles. The number of aromatic nitrogens is 1. The molecule has 1 aromatic rings. The van der Waals surface area contributed by atoms with Crippen molar-refractivity contribution in [2.75, 3.05) is 20.3 Å². The first-order valence-corrected chi connectivity index (χ1v) is 7.74. The van der Waals surface area contributed by atoms with Gasteiger partial charge in [-0.1, -0.05) is 6.07 Å². The molecule has 0 amide bonds. The molecule has 1 rings (SSSR count). The number of nitrogens with one attached hydrogen (secondary N) is 1. The Morgan fingerprint density at radius 2 is 1.90 bits per heavy atom. The van der Waals surface area contributed by atoms with Crippen molar-refractivity contribution in [2.45, 2.75) is 59.3 Å². The number of hydrogen-bond donors (Lipinski definition) is 1. The highest BCUT2D eigenvalue weighted by Gasteiger charge is 2.12. The lowest BCUT2D eigenvalue weighted by atomic mass is 10.1. The first-order chi connectivity index (χ1) is 9.81. The van der Waals surface area contributed by atoms with Crippen LogP contribution < -0.4 is 5.32 Å². The van der Waals surface area contributed by atoms with Gasteiger partial charge in [0.2, 0.25) is 0 Å². The molecule has 0 spiro atoms. The van der Waals surface area contributed by atoms with Crippen LogP contribution in [-0.2, 0) is 17.8 Å². The molecule has 0 bridgehead atoms. The van der Waals surface area contributed by atoms with Crippen molar-refractivity contribution in [3.63, 3.8) is 0 Å². The van der Waals surface area contributed by atoms with Crippen LogP contribution in [0, 0.1) is 0 Å². The van der Waals surface area contributed by atoms with Crippen LogP contribution in [0.3, 0.4) is 0 Å². The van der Waals surface area contributed by atoms with E-state index in [0.717, 1.165) is 37.6 Å². The molecule has 0 aliphatic rings. The monoisotopic (exact) mass is 293 g/mol. The molecular weight excluding hydrogens is 262 g/mol. The zero-order valence-electron chi connectivity index (χ0n) is 14.4. The Bertz CT molecular complexity index is 413. The minimum absolute atomic E-state index is 0.111. The molecule has 0 fully saturated rings. The summed E-state index contributed by atoms with van der Waals surface area (Å²) in [6.45, 7) is 14.3. The molecule has 1 aromatic heterocycles. The third kappa shape index (κ3) is 7.55. The maximum Gasteiger partial charge on any atom is 0.0589 e. The number of rotatable bonds is 8. The third-order valence-corrected chi connectivity index (χ3v) is 3.34. The van der Waals surface area contributed by atoms with Crippen LogP contribution in [0.15, 0.2) is 18.2 Å². The Balaban J connectivity index is 2.65. The smallest absolute Gasteiger partial charge is 0.0589 e. The molecular formula is C17H31N3O. The van der Waals surface area contributed by atoms with E-state index in [4.69, 9.17) is 9.72 Å². The van der Waals surface area contributed by atoms with Crippen LogP contribution >= 0.6 is 0 Å². The predicted molar refractivity (Wildman–Crippen MR) is 88.3 cm³/mol. The molecule has 0 unspecified atom stereocenters. The van der Waals surface area contributed by atoms with E-state index in [1.165, 1.54) is 0 Å². The Hall–Kier alpha value is -0.970. The van der Waals surface area contributed by atoms with Crippen LogP contribution in [0.4, 0.5) is 0 Å². The van der Waals surface area contributed by atoms with Gasteiger partial charge in [-0.25, -0.2) is 0 Å². The predicted octanol–water partition coefficient (Wildman–Crippen LogP) is 2.83. The Labute approximate surface area is 129 Å². The third-order valence-electron chi connectivity index (χ3n) is 3.34. The minimum atomic E-state index is 0.111. The van der Waals surface area contributed by atoms with Crippen molar-refractivity contribution in [2.24, 2.45) is 0 Å². The van der Waals surface area contributed by atoms with Crippen LogP contribution in [0.1, 0.15) is 46.0 Å². The van der Waals surface area contributed by atoms with E-state index in [9.17, 15) is 0 Å². The SMILES string of the molecule is COCCN(Cc1cccc(CNC(C)(C)C)n1)C(C)C. The molecule has 1 N–H and O–H groups in total. The van der Waals surface area contributed by atoms with Crippen LogP contribution in [-0.4, -0.2) is 41.7 Å². The molecule has 4 nitrogen and oxygen atoms in total. The number of hydrogen-bond acceptors (Lipinski definition) is 4. The summed E-state index contributed by atoms with van der Waals surface area (Å²) in [7, 11) is 1.75. The van der Waals surface area contributed by atoms with Gasteiger partial charge in [-0.05, 0) is 46.8 Å². The van der Waals surface area contributed by atoms with Gasteiger partial charge in [0.1, 0.15) is 0 Å². The summed E-state index contributed by atoms with van der Waals surface area (Å²) < 4.78 is 5.19. The lowest BCUT2D eigenvalue weighted by Gasteiger charge is -2.26. The largest absolute Gasteiger partial charge is 0.383 e. The number of ether oxygens (including phenoxy) is 1. The fourth-order valence-electron chi connectivity index (χ4n) is 2.01. The molecule has 21 heavy (non-hydrogen) atoms. The lowest BCUT2D eigenvalue weighted by Crippen LogP contribution is -2.35. The summed E-state index contributed by atoms with van der Waals surface area (Å²) in [5.41, 5.74) is 2.33. The quantitative estimate of drug-likeness (QED) is 0.800. The van der Waals surface area contributed by atoms with E-state index in [1.54, 1.807) is 7.11 Å². The minimum Gasteiger partial charge on any atom is -0.383 e. The van der Waals surface area contributed by atoms with Gasteiger partial charge in [-0.3, -0.25) is 9.88 Å². The van der Waals surface area contributed by atoms with E-state index >= 15 is 0 Å². The van der Waals surface area contributed by atoms with E-state index in [-0.39, 0.29) is 5.54 Å². The highest BCUT2D eigenvalue weighted by Crippen LogP contribution is 2.08. The number of nitrogens with zero attached hydrogens (tertiary/aromatic N) is 2. The Morgan fingerprint density at radius 3 is 2.48 bits per heavy atom. The molecule has 4 heteroatoms. The molecule has 0 saturated heterocycles. The summed E-state index contributed by atoms with van der Waals surface area (Å²) in [6, 6.07) is 6.76. The first-order valence-electron chi connectivity index (χ1n) is 7.74. The van der Waals surface area contributed by atoms with Crippen molar-refractivity contribution in [1.82, 2.24) is 15.2 Å². The molecule has 0 saturated carbocycles.